The molecule has 6 heteroatoms. The number of piperidine rings is 1. The molecular formula is C13H21BrClN3O. The summed E-state index contributed by atoms with van der Waals surface area (Å²) in [5.74, 6) is 0. The third kappa shape index (κ3) is 3.94. The highest BCUT2D eigenvalue weighted by atomic mass is 79.9. The number of halogens is 2. The number of rotatable bonds is 5. The molecule has 4 nitrogen and oxygen atoms in total. The monoisotopic (exact) mass is 349 g/mol. The molecule has 0 aromatic carbocycles. The molecule has 0 saturated carbocycles. The minimum Gasteiger partial charge on any atom is -0.377 e. The summed E-state index contributed by atoms with van der Waals surface area (Å²) >= 11 is 9.67. The van der Waals surface area contributed by atoms with Crippen molar-refractivity contribution in [3.8, 4) is 0 Å². The maximum absolute atomic E-state index is 6.27. The Morgan fingerprint density at radius 3 is 2.63 bits per heavy atom. The molecule has 1 saturated heterocycles. The normalized spacial score (nSPS) is 18.1. The quantitative estimate of drug-likeness (QED) is 0.765. The van der Waals surface area contributed by atoms with Crippen LogP contribution < -0.4 is 0 Å². The van der Waals surface area contributed by atoms with Crippen molar-refractivity contribution < 1.29 is 4.74 Å². The number of alkyl halides is 1. The molecule has 0 bridgehead atoms. The Balaban J connectivity index is 1.85. The largest absolute Gasteiger partial charge is 0.377 e. The van der Waals surface area contributed by atoms with Crippen molar-refractivity contribution in [3.63, 3.8) is 0 Å². The second kappa shape index (κ2) is 7.07. The van der Waals surface area contributed by atoms with Crippen LogP contribution in [0.2, 0.25) is 5.15 Å². The first-order valence-corrected chi connectivity index (χ1v) is 8.19. The van der Waals surface area contributed by atoms with E-state index < -0.39 is 0 Å². The van der Waals surface area contributed by atoms with Crippen molar-refractivity contribution in [1.29, 1.82) is 0 Å². The summed E-state index contributed by atoms with van der Waals surface area (Å²) in [6.45, 7) is 5.85. The predicted octanol–water partition coefficient (Wildman–Crippen LogP) is 2.76. The Bertz CT molecular complexity index is 416. The number of nitrogens with zero attached hydrogens (tertiary/aromatic N) is 3. The fraction of sp³-hybridized carbons (Fsp3) is 0.769. The smallest absolute Gasteiger partial charge is 0.131 e. The molecule has 0 amide bonds. The Labute approximate surface area is 128 Å². The lowest BCUT2D eigenvalue weighted by molar-refractivity contribution is 0.0141. The fourth-order valence-corrected chi connectivity index (χ4v) is 2.94. The summed E-state index contributed by atoms with van der Waals surface area (Å²) in [4.78, 5) is 2.43. The van der Waals surface area contributed by atoms with Crippen molar-refractivity contribution in [2.45, 2.75) is 32.4 Å². The van der Waals surface area contributed by atoms with Crippen molar-refractivity contribution in [3.05, 3.63) is 16.4 Å². The standard InChI is InChI=1S/C13H21BrClN3O/c1-10-12(13(15)17(2)16-10)9-18-6-3-11(4-7-18)19-8-5-14/h11H,3-9H2,1-2H3. The molecule has 0 atom stereocenters. The number of aryl methyl sites for hydroxylation is 2. The molecule has 0 aliphatic carbocycles. The van der Waals surface area contributed by atoms with Gasteiger partial charge in [-0.15, -0.1) is 0 Å². The summed E-state index contributed by atoms with van der Waals surface area (Å²) in [6, 6.07) is 0. The molecule has 1 aliphatic heterocycles. The van der Waals surface area contributed by atoms with E-state index in [4.69, 9.17) is 16.3 Å². The van der Waals surface area contributed by atoms with Crippen molar-refractivity contribution in [1.82, 2.24) is 14.7 Å². The molecule has 1 fully saturated rings. The van der Waals surface area contributed by atoms with E-state index in [0.29, 0.717) is 6.10 Å². The van der Waals surface area contributed by atoms with Gasteiger partial charge in [-0.25, -0.2) is 0 Å². The predicted molar refractivity (Wildman–Crippen MR) is 81.0 cm³/mol. The van der Waals surface area contributed by atoms with Crippen LogP contribution in [-0.4, -0.2) is 45.8 Å². The average molecular weight is 351 g/mol. The Kier molecular flexibility index (Phi) is 5.69. The summed E-state index contributed by atoms with van der Waals surface area (Å²) in [5.41, 5.74) is 2.19. The van der Waals surface area contributed by atoms with Gasteiger partial charge < -0.3 is 4.74 Å². The van der Waals surface area contributed by atoms with Crippen LogP contribution in [0.4, 0.5) is 0 Å². The second-order valence-electron chi connectivity index (χ2n) is 5.01. The third-order valence-electron chi connectivity index (χ3n) is 3.62. The number of ether oxygens (including phenoxy) is 1. The Hall–Kier alpha value is -0.100. The van der Waals surface area contributed by atoms with Crippen molar-refractivity contribution >= 4 is 27.5 Å². The van der Waals surface area contributed by atoms with Crippen molar-refractivity contribution in [2.75, 3.05) is 25.0 Å². The van der Waals surface area contributed by atoms with Crippen LogP contribution in [0.1, 0.15) is 24.1 Å². The van der Waals surface area contributed by atoms with Gasteiger partial charge in [-0.2, -0.15) is 5.10 Å². The lowest BCUT2D eigenvalue weighted by Crippen LogP contribution is -2.36. The first-order valence-electron chi connectivity index (χ1n) is 6.69. The fourth-order valence-electron chi connectivity index (χ4n) is 2.52. The molecule has 1 aromatic heterocycles. The van der Waals surface area contributed by atoms with Gasteiger partial charge in [-0.3, -0.25) is 9.58 Å². The molecular weight excluding hydrogens is 330 g/mol. The van der Waals surface area contributed by atoms with Gasteiger partial charge in [0, 0.05) is 37.6 Å². The summed E-state index contributed by atoms with van der Waals surface area (Å²) in [5, 5.41) is 6.03. The Morgan fingerprint density at radius 2 is 2.11 bits per heavy atom. The highest BCUT2D eigenvalue weighted by Crippen LogP contribution is 2.23. The highest BCUT2D eigenvalue weighted by molar-refractivity contribution is 9.09. The number of hydrogen-bond donors (Lipinski definition) is 0. The summed E-state index contributed by atoms with van der Waals surface area (Å²) < 4.78 is 7.51. The molecule has 0 N–H and O–H groups in total. The lowest BCUT2D eigenvalue weighted by atomic mass is 10.1. The first-order chi connectivity index (χ1) is 9.11. The SMILES string of the molecule is Cc1nn(C)c(Cl)c1CN1CCC(OCCBr)CC1. The van der Waals surface area contributed by atoms with Gasteiger partial charge >= 0.3 is 0 Å². The zero-order valence-corrected chi connectivity index (χ0v) is 13.9. The van der Waals surface area contributed by atoms with Gasteiger partial charge in [0.1, 0.15) is 5.15 Å². The van der Waals surface area contributed by atoms with Gasteiger partial charge in [0.05, 0.1) is 18.4 Å². The van der Waals surface area contributed by atoms with Gasteiger partial charge in [0.25, 0.3) is 0 Å². The van der Waals surface area contributed by atoms with Gasteiger partial charge in [0.2, 0.25) is 0 Å². The van der Waals surface area contributed by atoms with Crippen LogP contribution in [0, 0.1) is 6.92 Å². The number of aromatic nitrogens is 2. The van der Waals surface area contributed by atoms with E-state index in [1.54, 1.807) is 4.68 Å². The molecule has 0 radical (unpaired) electrons. The minimum absolute atomic E-state index is 0.416. The van der Waals surface area contributed by atoms with Gasteiger partial charge in [-0.05, 0) is 19.8 Å². The molecule has 108 valence electrons. The van der Waals surface area contributed by atoms with E-state index in [9.17, 15) is 0 Å². The summed E-state index contributed by atoms with van der Waals surface area (Å²) in [7, 11) is 1.89. The molecule has 2 heterocycles. The van der Waals surface area contributed by atoms with Crippen molar-refractivity contribution in [2.24, 2.45) is 7.05 Å². The van der Waals surface area contributed by atoms with E-state index >= 15 is 0 Å². The minimum atomic E-state index is 0.416. The second-order valence-corrected chi connectivity index (χ2v) is 6.16. The van der Waals surface area contributed by atoms with Gasteiger partial charge in [0.15, 0.2) is 0 Å². The molecule has 0 spiro atoms. The highest BCUT2D eigenvalue weighted by Gasteiger charge is 2.22. The van der Waals surface area contributed by atoms with Gasteiger partial charge in [-0.1, -0.05) is 27.5 Å². The molecule has 2 rings (SSSR count). The molecule has 1 aliphatic rings. The van der Waals surface area contributed by atoms with Crippen LogP contribution in [-0.2, 0) is 18.3 Å². The van der Waals surface area contributed by atoms with Crippen LogP contribution in [0.5, 0.6) is 0 Å². The van der Waals surface area contributed by atoms with E-state index in [0.717, 1.165) is 60.8 Å². The van der Waals surface area contributed by atoms with E-state index in [1.165, 1.54) is 0 Å². The van der Waals surface area contributed by atoms with Crippen LogP contribution >= 0.6 is 27.5 Å². The third-order valence-corrected chi connectivity index (χ3v) is 4.41. The topological polar surface area (TPSA) is 30.3 Å². The van der Waals surface area contributed by atoms with E-state index in [1.807, 2.05) is 14.0 Å². The molecule has 0 unspecified atom stereocenters. The maximum Gasteiger partial charge on any atom is 0.131 e. The number of hydrogen-bond acceptors (Lipinski definition) is 3. The molecule has 19 heavy (non-hydrogen) atoms. The lowest BCUT2D eigenvalue weighted by Gasteiger charge is -2.31. The maximum atomic E-state index is 6.27. The van der Waals surface area contributed by atoms with E-state index in [2.05, 4.69) is 25.9 Å². The van der Waals surface area contributed by atoms with Crippen LogP contribution in [0.15, 0.2) is 0 Å². The summed E-state index contributed by atoms with van der Waals surface area (Å²) in [6.07, 6.45) is 2.62. The van der Waals surface area contributed by atoms with Crippen LogP contribution in [0.25, 0.3) is 0 Å². The van der Waals surface area contributed by atoms with E-state index in [-0.39, 0.29) is 0 Å². The Morgan fingerprint density at radius 1 is 1.42 bits per heavy atom. The zero-order chi connectivity index (χ0) is 13.8. The number of likely N-dealkylation sites (tertiary alicyclic amines) is 1. The average Bonchev–Trinajstić information content (AvgIpc) is 2.64. The zero-order valence-electron chi connectivity index (χ0n) is 11.5. The van der Waals surface area contributed by atoms with Crippen LogP contribution in [0.3, 0.4) is 0 Å². The first kappa shape index (κ1) is 15.3. The molecule has 1 aromatic rings.